The molecular weight excluding hydrogens is 224 g/mol. The minimum atomic E-state index is -0.336. The molecule has 0 aromatic carbocycles. The van der Waals surface area contributed by atoms with Gasteiger partial charge in [0.25, 0.3) is 0 Å². The molecule has 3 nitrogen and oxygen atoms in total. The zero-order valence-corrected chi connectivity index (χ0v) is 12.5. The van der Waals surface area contributed by atoms with Crippen molar-refractivity contribution >= 4 is 5.91 Å². The van der Waals surface area contributed by atoms with Crippen molar-refractivity contribution in [3.05, 3.63) is 0 Å². The Bertz CT molecular complexity index is 328. The molecule has 18 heavy (non-hydrogen) atoms. The molecule has 104 valence electrons. The highest BCUT2D eigenvalue weighted by molar-refractivity contribution is 5.88. The smallest absolute Gasteiger partial charge is 0.243 e. The fraction of sp³-hybridized carbons (Fsp3) is 0.933. The molecule has 1 aliphatic carbocycles. The second-order valence-corrected chi connectivity index (χ2v) is 6.91. The van der Waals surface area contributed by atoms with Gasteiger partial charge in [-0.1, -0.05) is 27.7 Å². The lowest BCUT2D eigenvalue weighted by atomic mass is 9.99. The Morgan fingerprint density at radius 2 is 2.11 bits per heavy atom. The van der Waals surface area contributed by atoms with Gasteiger partial charge in [0, 0.05) is 6.54 Å². The standard InChI is InChI=1S/C15H28N2O/c1-6-15(5)14(18)17(9-12-8-11(12)4)13(16-15)7-10(2)3/h10-13,16H,6-9H2,1-5H3. The van der Waals surface area contributed by atoms with Crippen molar-refractivity contribution in [3.8, 4) is 0 Å². The molecule has 0 bridgehead atoms. The maximum Gasteiger partial charge on any atom is 0.243 e. The van der Waals surface area contributed by atoms with E-state index in [0.29, 0.717) is 11.8 Å². The predicted molar refractivity (Wildman–Crippen MR) is 74.1 cm³/mol. The molecule has 1 saturated carbocycles. The normalized spacial score (nSPS) is 39.8. The van der Waals surface area contributed by atoms with Gasteiger partial charge in [-0.25, -0.2) is 0 Å². The van der Waals surface area contributed by atoms with Gasteiger partial charge < -0.3 is 4.90 Å². The van der Waals surface area contributed by atoms with Crippen molar-refractivity contribution in [3.63, 3.8) is 0 Å². The number of hydrogen-bond acceptors (Lipinski definition) is 2. The summed E-state index contributed by atoms with van der Waals surface area (Å²) < 4.78 is 0. The Labute approximate surface area is 111 Å². The van der Waals surface area contributed by atoms with Crippen LogP contribution in [0.4, 0.5) is 0 Å². The van der Waals surface area contributed by atoms with E-state index < -0.39 is 0 Å². The Hall–Kier alpha value is -0.570. The fourth-order valence-electron chi connectivity index (χ4n) is 2.97. The van der Waals surface area contributed by atoms with Crippen LogP contribution in [0, 0.1) is 17.8 Å². The summed E-state index contributed by atoms with van der Waals surface area (Å²) in [5.74, 6) is 2.49. The van der Waals surface area contributed by atoms with Gasteiger partial charge in [-0.2, -0.15) is 0 Å². The van der Waals surface area contributed by atoms with E-state index in [4.69, 9.17) is 0 Å². The second kappa shape index (κ2) is 4.84. The van der Waals surface area contributed by atoms with Crippen LogP contribution in [0.25, 0.3) is 0 Å². The number of rotatable bonds is 5. The van der Waals surface area contributed by atoms with Crippen LogP contribution < -0.4 is 5.32 Å². The largest absolute Gasteiger partial charge is 0.325 e. The predicted octanol–water partition coefficient (Wildman–Crippen LogP) is 2.62. The lowest BCUT2D eigenvalue weighted by Crippen LogP contribution is -2.44. The topological polar surface area (TPSA) is 32.3 Å². The Morgan fingerprint density at radius 1 is 1.50 bits per heavy atom. The van der Waals surface area contributed by atoms with Crippen molar-refractivity contribution in [2.24, 2.45) is 17.8 Å². The Balaban J connectivity index is 2.08. The van der Waals surface area contributed by atoms with Crippen LogP contribution in [0.5, 0.6) is 0 Å². The number of nitrogens with zero attached hydrogens (tertiary/aromatic N) is 1. The summed E-state index contributed by atoms with van der Waals surface area (Å²) in [6.07, 6.45) is 3.47. The molecule has 2 rings (SSSR count). The third-order valence-corrected chi connectivity index (χ3v) is 4.70. The summed E-state index contributed by atoms with van der Waals surface area (Å²) in [7, 11) is 0. The van der Waals surface area contributed by atoms with Crippen LogP contribution in [-0.4, -0.2) is 29.1 Å². The quantitative estimate of drug-likeness (QED) is 0.816. The first kappa shape index (κ1) is 13.9. The Morgan fingerprint density at radius 3 is 2.56 bits per heavy atom. The molecule has 3 heteroatoms. The first-order chi connectivity index (χ1) is 8.37. The molecule has 1 heterocycles. The lowest BCUT2D eigenvalue weighted by molar-refractivity contribution is -0.133. The molecule has 0 aromatic rings. The third-order valence-electron chi connectivity index (χ3n) is 4.70. The number of hydrogen-bond donors (Lipinski definition) is 1. The van der Waals surface area contributed by atoms with Gasteiger partial charge in [0.05, 0.1) is 11.7 Å². The maximum absolute atomic E-state index is 12.6. The van der Waals surface area contributed by atoms with Crippen molar-refractivity contribution in [1.82, 2.24) is 10.2 Å². The molecule has 4 atom stereocenters. The Kier molecular flexibility index (Phi) is 3.72. The van der Waals surface area contributed by atoms with E-state index in [9.17, 15) is 4.79 Å². The number of nitrogens with one attached hydrogen (secondary N) is 1. The van der Waals surface area contributed by atoms with Crippen molar-refractivity contribution in [2.75, 3.05) is 6.54 Å². The van der Waals surface area contributed by atoms with E-state index in [1.807, 2.05) is 0 Å². The van der Waals surface area contributed by atoms with Crippen LogP contribution in [-0.2, 0) is 4.79 Å². The van der Waals surface area contributed by atoms with Crippen LogP contribution >= 0.6 is 0 Å². The van der Waals surface area contributed by atoms with E-state index in [1.54, 1.807) is 0 Å². The number of carbonyl (C=O) groups is 1. The second-order valence-electron chi connectivity index (χ2n) is 6.91. The van der Waals surface area contributed by atoms with Crippen LogP contribution in [0.2, 0.25) is 0 Å². The monoisotopic (exact) mass is 252 g/mol. The summed E-state index contributed by atoms with van der Waals surface area (Å²) in [5, 5.41) is 3.57. The van der Waals surface area contributed by atoms with Crippen LogP contribution in [0.1, 0.15) is 53.9 Å². The average molecular weight is 252 g/mol. The van der Waals surface area contributed by atoms with E-state index in [2.05, 4.69) is 44.8 Å². The number of amides is 1. The summed E-state index contributed by atoms with van der Waals surface area (Å²) in [5.41, 5.74) is -0.336. The minimum absolute atomic E-state index is 0.246. The zero-order valence-electron chi connectivity index (χ0n) is 12.5. The molecule has 1 amide bonds. The van der Waals surface area contributed by atoms with Gasteiger partial charge in [-0.3, -0.25) is 10.1 Å². The molecule has 1 aliphatic heterocycles. The van der Waals surface area contributed by atoms with Gasteiger partial charge in [-0.05, 0) is 43.9 Å². The van der Waals surface area contributed by atoms with Gasteiger partial charge >= 0.3 is 0 Å². The maximum atomic E-state index is 12.6. The molecular formula is C15H28N2O. The lowest BCUT2D eigenvalue weighted by Gasteiger charge is -2.25. The molecule has 0 aromatic heterocycles. The van der Waals surface area contributed by atoms with Crippen molar-refractivity contribution in [1.29, 1.82) is 0 Å². The summed E-state index contributed by atoms with van der Waals surface area (Å²) in [6, 6.07) is 0. The summed E-state index contributed by atoms with van der Waals surface area (Å²) >= 11 is 0. The van der Waals surface area contributed by atoms with Gasteiger partial charge in [0.2, 0.25) is 5.91 Å². The highest BCUT2D eigenvalue weighted by Crippen LogP contribution is 2.40. The molecule has 0 radical (unpaired) electrons. The minimum Gasteiger partial charge on any atom is -0.325 e. The van der Waals surface area contributed by atoms with E-state index in [1.165, 1.54) is 6.42 Å². The average Bonchev–Trinajstić information content (AvgIpc) is 2.93. The molecule has 4 unspecified atom stereocenters. The molecule has 1 N–H and O–H groups in total. The van der Waals surface area contributed by atoms with Crippen molar-refractivity contribution in [2.45, 2.75) is 65.6 Å². The van der Waals surface area contributed by atoms with E-state index >= 15 is 0 Å². The van der Waals surface area contributed by atoms with Crippen molar-refractivity contribution < 1.29 is 4.79 Å². The van der Waals surface area contributed by atoms with E-state index in [0.717, 1.165) is 31.2 Å². The zero-order chi connectivity index (χ0) is 13.5. The fourth-order valence-corrected chi connectivity index (χ4v) is 2.97. The summed E-state index contributed by atoms with van der Waals surface area (Å²) in [4.78, 5) is 14.7. The highest BCUT2D eigenvalue weighted by Gasteiger charge is 2.48. The highest BCUT2D eigenvalue weighted by atomic mass is 16.2. The van der Waals surface area contributed by atoms with Gasteiger partial charge in [-0.15, -0.1) is 0 Å². The SMILES string of the molecule is CCC1(C)NC(CC(C)C)N(CC2CC2C)C1=O. The van der Waals surface area contributed by atoms with Crippen LogP contribution in [0.15, 0.2) is 0 Å². The molecule has 1 saturated heterocycles. The van der Waals surface area contributed by atoms with Gasteiger partial charge in [0.1, 0.15) is 0 Å². The first-order valence-electron chi connectivity index (χ1n) is 7.46. The third kappa shape index (κ3) is 2.56. The first-order valence-corrected chi connectivity index (χ1v) is 7.46. The molecule has 2 fully saturated rings. The van der Waals surface area contributed by atoms with Gasteiger partial charge in [0.15, 0.2) is 0 Å². The number of carbonyl (C=O) groups excluding carboxylic acids is 1. The molecule has 0 spiro atoms. The summed E-state index contributed by atoms with van der Waals surface area (Å²) in [6.45, 7) is 11.9. The molecule has 2 aliphatic rings. The van der Waals surface area contributed by atoms with Crippen LogP contribution in [0.3, 0.4) is 0 Å². The van der Waals surface area contributed by atoms with E-state index in [-0.39, 0.29) is 11.7 Å².